The number of benzene rings is 1. The first-order chi connectivity index (χ1) is 13.1. The molecule has 0 radical (unpaired) electrons. The van der Waals surface area contributed by atoms with Crippen LogP contribution in [0.25, 0.3) is 17.1 Å². The van der Waals surface area contributed by atoms with Gasteiger partial charge in [0.05, 0.1) is 5.69 Å². The Hall–Kier alpha value is -3.16. The second-order valence-electron chi connectivity index (χ2n) is 6.62. The molecule has 3 heterocycles. The number of halogens is 3. The van der Waals surface area contributed by atoms with E-state index < -0.39 is 17.5 Å². The summed E-state index contributed by atoms with van der Waals surface area (Å²) in [5.41, 5.74) is 3.55. The lowest BCUT2D eigenvalue weighted by Gasteiger charge is -2.22. The van der Waals surface area contributed by atoms with E-state index in [2.05, 4.69) is 15.2 Å². The van der Waals surface area contributed by atoms with E-state index in [0.29, 0.717) is 31.2 Å². The number of hydrogen-bond donors (Lipinski definition) is 0. The minimum atomic E-state index is -1.17. The zero-order valence-corrected chi connectivity index (χ0v) is 14.0. The molecule has 0 saturated heterocycles. The van der Waals surface area contributed by atoms with Gasteiger partial charge in [0.2, 0.25) is 12.3 Å². The van der Waals surface area contributed by atoms with Crippen LogP contribution < -0.4 is 0 Å². The lowest BCUT2D eigenvalue weighted by atomic mass is 9.84. The molecule has 0 aliphatic heterocycles. The molecule has 0 fully saturated rings. The summed E-state index contributed by atoms with van der Waals surface area (Å²) in [6, 6.07) is 5.28. The van der Waals surface area contributed by atoms with E-state index in [1.165, 1.54) is 6.39 Å². The molecule has 0 bridgehead atoms. The summed E-state index contributed by atoms with van der Waals surface area (Å²) in [7, 11) is 0. The molecule has 0 saturated carbocycles. The average Bonchev–Trinajstić information content (AvgIpc) is 3.31. The molecule has 1 aromatic carbocycles. The van der Waals surface area contributed by atoms with E-state index in [4.69, 9.17) is 4.42 Å². The summed E-state index contributed by atoms with van der Waals surface area (Å²) in [5.74, 6) is -2.76. The van der Waals surface area contributed by atoms with Crippen molar-refractivity contribution in [2.75, 3.05) is 0 Å². The van der Waals surface area contributed by atoms with Crippen LogP contribution >= 0.6 is 0 Å². The van der Waals surface area contributed by atoms with E-state index >= 15 is 0 Å². The monoisotopic (exact) mass is 370 g/mol. The minimum absolute atomic E-state index is 0.197. The first-order valence-corrected chi connectivity index (χ1v) is 8.51. The van der Waals surface area contributed by atoms with Crippen LogP contribution in [0.2, 0.25) is 0 Å². The Balaban J connectivity index is 1.52. The van der Waals surface area contributed by atoms with Gasteiger partial charge in [-0.3, -0.25) is 0 Å². The summed E-state index contributed by atoms with van der Waals surface area (Å²) in [6.07, 6.45) is 4.92. The van der Waals surface area contributed by atoms with Gasteiger partial charge in [0.1, 0.15) is 11.5 Å². The van der Waals surface area contributed by atoms with Crippen LogP contribution in [0.4, 0.5) is 13.2 Å². The van der Waals surface area contributed by atoms with Crippen molar-refractivity contribution in [2.45, 2.75) is 25.2 Å². The quantitative estimate of drug-likeness (QED) is 0.499. The lowest BCUT2D eigenvalue weighted by Crippen LogP contribution is -2.15. The summed E-state index contributed by atoms with van der Waals surface area (Å²) < 4.78 is 48.1. The highest BCUT2D eigenvalue weighted by atomic mass is 19.2. The Morgan fingerprint density at radius 2 is 1.93 bits per heavy atom. The second-order valence-corrected chi connectivity index (χ2v) is 6.62. The van der Waals surface area contributed by atoms with Gasteiger partial charge in [0.25, 0.3) is 0 Å². The van der Waals surface area contributed by atoms with Crippen molar-refractivity contribution >= 4 is 5.65 Å². The molecule has 136 valence electrons. The van der Waals surface area contributed by atoms with Crippen molar-refractivity contribution in [3.8, 4) is 11.5 Å². The molecule has 1 atom stereocenters. The van der Waals surface area contributed by atoms with E-state index in [9.17, 15) is 13.2 Å². The molecule has 0 unspecified atom stereocenters. The zero-order valence-electron chi connectivity index (χ0n) is 14.0. The Kier molecular flexibility index (Phi) is 3.53. The van der Waals surface area contributed by atoms with E-state index in [-0.39, 0.29) is 11.5 Å². The van der Waals surface area contributed by atoms with Crippen LogP contribution in [-0.4, -0.2) is 19.6 Å². The van der Waals surface area contributed by atoms with Crippen molar-refractivity contribution in [1.82, 2.24) is 19.6 Å². The summed E-state index contributed by atoms with van der Waals surface area (Å²) in [6.45, 7) is 0. The van der Waals surface area contributed by atoms with Gasteiger partial charge in [-0.25, -0.2) is 18.2 Å². The van der Waals surface area contributed by atoms with Crippen LogP contribution in [-0.2, 0) is 12.8 Å². The summed E-state index contributed by atoms with van der Waals surface area (Å²) in [4.78, 5) is 4.65. The minimum Gasteiger partial charge on any atom is -0.423 e. The Morgan fingerprint density at radius 3 is 2.74 bits per heavy atom. The van der Waals surface area contributed by atoms with Crippen molar-refractivity contribution < 1.29 is 17.6 Å². The van der Waals surface area contributed by atoms with Gasteiger partial charge < -0.3 is 8.82 Å². The number of imidazole rings is 1. The number of rotatable bonds is 2. The number of aromatic nitrogens is 4. The van der Waals surface area contributed by atoms with Gasteiger partial charge in [-0.05, 0) is 48.9 Å². The molecule has 27 heavy (non-hydrogen) atoms. The third kappa shape index (κ3) is 2.59. The molecule has 0 N–H and O–H groups in total. The Labute approximate surface area is 151 Å². The molecule has 1 aliphatic rings. The number of nitrogens with zero attached hydrogens (tertiary/aromatic N) is 4. The number of aryl methyl sites for hydroxylation is 1. The molecule has 5 nitrogen and oxygen atoms in total. The van der Waals surface area contributed by atoms with Crippen molar-refractivity contribution in [3.63, 3.8) is 0 Å². The molecule has 8 heteroatoms. The van der Waals surface area contributed by atoms with Gasteiger partial charge in [-0.15, -0.1) is 10.2 Å². The number of pyridine rings is 1. The van der Waals surface area contributed by atoms with Gasteiger partial charge in [0.15, 0.2) is 11.6 Å². The normalized spacial score (nSPS) is 16.6. The average molecular weight is 370 g/mol. The summed E-state index contributed by atoms with van der Waals surface area (Å²) >= 11 is 0. The first-order valence-electron chi connectivity index (χ1n) is 8.51. The smallest absolute Gasteiger partial charge is 0.247 e. The van der Waals surface area contributed by atoms with Crippen molar-refractivity contribution in [1.29, 1.82) is 0 Å². The van der Waals surface area contributed by atoms with Crippen LogP contribution in [0.1, 0.15) is 29.3 Å². The highest BCUT2D eigenvalue weighted by Crippen LogP contribution is 2.35. The van der Waals surface area contributed by atoms with E-state index in [1.807, 2.05) is 22.7 Å². The maximum Gasteiger partial charge on any atom is 0.247 e. The lowest BCUT2D eigenvalue weighted by molar-refractivity contribution is 0.473. The SMILES string of the molecule is Fc1cc(F)c([C@@H]2CCc3c(nc4cc(-c5nnco5)ccn34)C2)cc1F. The van der Waals surface area contributed by atoms with Crippen LogP contribution in [0.5, 0.6) is 0 Å². The van der Waals surface area contributed by atoms with E-state index in [0.717, 1.165) is 28.7 Å². The first kappa shape index (κ1) is 16.0. The Bertz CT molecular complexity index is 1150. The van der Waals surface area contributed by atoms with E-state index in [1.54, 1.807) is 0 Å². The fraction of sp³-hybridized carbons (Fsp3) is 0.211. The molecule has 5 rings (SSSR count). The predicted octanol–water partition coefficient (Wildman–Crippen LogP) is 4.07. The fourth-order valence-corrected chi connectivity index (χ4v) is 3.77. The highest BCUT2D eigenvalue weighted by Gasteiger charge is 2.27. The maximum atomic E-state index is 14.1. The van der Waals surface area contributed by atoms with Gasteiger partial charge >= 0.3 is 0 Å². The fourth-order valence-electron chi connectivity index (χ4n) is 3.77. The highest BCUT2D eigenvalue weighted by molar-refractivity contribution is 5.60. The number of fused-ring (bicyclic) bond motifs is 3. The van der Waals surface area contributed by atoms with Crippen molar-refractivity contribution in [2.24, 2.45) is 0 Å². The van der Waals surface area contributed by atoms with Gasteiger partial charge in [0, 0.05) is 23.5 Å². The predicted molar refractivity (Wildman–Crippen MR) is 89.6 cm³/mol. The Morgan fingerprint density at radius 1 is 1.07 bits per heavy atom. The molecule has 3 aromatic heterocycles. The third-order valence-corrected chi connectivity index (χ3v) is 5.06. The topological polar surface area (TPSA) is 56.2 Å². The number of hydrogen-bond acceptors (Lipinski definition) is 4. The van der Waals surface area contributed by atoms with Crippen LogP contribution in [0.3, 0.4) is 0 Å². The standard InChI is InChI=1S/C19H13F3N4O/c20-13-8-15(22)14(21)7-12(13)10-1-2-17-16(5-10)24-18-6-11(3-4-26(17)18)19-25-23-9-27-19/h3-4,6-10H,1-2,5H2/t10-/m1/s1. The maximum absolute atomic E-state index is 14.1. The molecule has 4 aromatic rings. The van der Waals surface area contributed by atoms with Gasteiger partial charge in [-0.2, -0.15) is 0 Å². The molecule has 0 spiro atoms. The largest absolute Gasteiger partial charge is 0.423 e. The van der Waals surface area contributed by atoms with Crippen LogP contribution in [0.15, 0.2) is 41.3 Å². The van der Waals surface area contributed by atoms with Crippen LogP contribution in [0, 0.1) is 17.5 Å². The second kappa shape index (κ2) is 5.94. The molecule has 0 amide bonds. The van der Waals surface area contributed by atoms with Gasteiger partial charge in [-0.1, -0.05) is 0 Å². The molecular weight excluding hydrogens is 357 g/mol. The molecular formula is C19H13F3N4O. The molecule has 1 aliphatic carbocycles. The van der Waals surface area contributed by atoms with Crippen molar-refractivity contribution in [3.05, 3.63) is 71.3 Å². The zero-order chi connectivity index (χ0) is 18.5. The summed E-state index contributed by atoms with van der Waals surface area (Å²) in [5, 5.41) is 7.56. The third-order valence-electron chi connectivity index (χ3n) is 5.06.